The lowest BCUT2D eigenvalue weighted by Gasteiger charge is -2.06. The van der Waals surface area contributed by atoms with Gasteiger partial charge in [-0.2, -0.15) is 9.94 Å². The summed E-state index contributed by atoms with van der Waals surface area (Å²) in [5, 5.41) is 17.9. The summed E-state index contributed by atoms with van der Waals surface area (Å²) in [4.78, 5) is 0. The number of benzene rings is 2. The smallest absolute Gasteiger partial charge is 0.155 e. The summed E-state index contributed by atoms with van der Waals surface area (Å²) in [7, 11) is 0. The second kappa shape index (κ2) is 5.68. The first-order chi connectivity index (χ1) is 10.6. The van der Waals surface area contributed by atoms with Crippen LogP contribution in [0.4, 0.5) is 5.82 Å². The first kappa shape index (κ1) is 14.4. The number of nitrogen functional groups attached to an aromatic ring is 1. The molecule has 1 aromatic heterocycles. The van der Waals surface area contributed by atoms with Crippen LogP contribution < -0.4 is 5.73 Å². The molecule has 0 spiro atoms. The SMILES string of the molecule is N#Cc1ccc(-c2nnn(-c3ccc(Cl)cc3Cl)c2N)cc1. The lowest BCUT2D eigenvalue weighted by molar-refractivity contribution is 0.810. The van der Waals surface area contributed by atoms with E-state index in [1.807, 2.05) is 0 Å². The highest BCUT2D eigenvalue weighted by Gasteiger charge is 2.15. The molecule has 7 heteroatoms. The molecule has 0 bridgehead atoms. The van der Waals surface area contributed by atoms with Crippen LogP contribution in [0.2, 0.25) is 10.0 Å². The molecule has 0 atom stereocenters. The number of nitriles is 1. The van der Waals surface area contributed by atoms with Crippen molar-refractivity contribution in [2.75, 3.05) is 5.73 Å². The number of nitrogens with two attached hydrogens (primary N) is 1. The molecule has 22 heavy (non-hydrogen) atoms. The number of anilines is 1. The lowest BCUT2D eigenvalue weighted by atomic mass is 10.1. The summed E-state index contributed by atoms with van der Waals surface area (Å²) in [6.45, 7) is 0. The Balaban J connectivity index is 2.06. The first-order valence-corrected chi connectivity index (χ1v) is 7.03. The molecule has 0 aliphatic rings. The topological polar surface area (TPSA) is 80.5 Å². The van der Waals surface area contributed by atoms with Gasteiger partial charge in [0.15, 0.2) is 5.82 Å². The van der Waals surface area contributed by atoms with Gasteiger partial charge in [-0.25, -0.2) is 0 Å². The van der Waals surface area contributed by atoms with Crippen molar-refractivity contribution in [2.24, 2.45) is 0 Å². The van der Waals surface area contributed by atoms with E-state index in [0.29, 0.717) is 32.8 Å². The molecule has 0 saturated heterocycles. The first-order valence-electron chi connectivity index (χ1n) is 6.27. The average molecular weight is 330 g/mol. The molecule has 2 N–H and O–H groups in total. The van der Waals surface area contributed by atoms with Gasteiger partial charge < -0.3 is 5.73 Å². The Morgan fingerprint density at radius 2 is 1.82 bits per heavy atom. The minimum Gasteiger partial charge on any atom is -0.382 e. The van der Waals surface area contributed by atoms with Gasteiger partial charge in [0.2, 0.25) is 0 Å². The van der Waals surface area contributed by atoms with Crippen molar-refractivity contribution in [1.29, 1.82) is 5.26 Å². The van der Waals surface area contributed by atoms with E-state index in [1.165, 1.54) is 4.68 Å². The number of hydrogen-bond donors (Lipinski definition) is 1. The number of rotatable bonds is 2. The van der Waals surface area contributed by atoms with E-state index in [2.05, 4.69) is 16.4 Å². The van der Waals surface area contributed by atoms with Crippen LogP contribution in [0.15, 0.2) is 42.5 Å². The average Bonchev–Trinajstić information content (AvgIpc) is 2.89. The predicted octanol–water partition coefficient (Wildman–Crippen LogP) is 3.69. The summed E-state index contributed by atoms with van der Waals surface area (Å²) < 4.78 is 1.45. The Morgan fingerprint density at radius 3 is 2.45 bits per heavy atom. The number of nitrogens with zero attached hydrogens (tertiary/aromatic N) is 4. The van der Waals surface area contributed by atoms with E-state index < -0.39 is 0 Å². The Bertz CT molecular complexity index is 878. The third-order valence-electron chi connectivity index (χ3n) is 3.13. The fourth-order valence-corrected chi connectivity index (χ4v) is 2.52. The highest BCUT2D eigenvalue weighted by Crippen LogP contribution is 2.29. The van der Waals surface area contributed by atoms with E-state index in [0.717, 1.165) is 5.56 Å². The molecule has 5 nitrogen and oxygen atoms in total. The molecule has 2 aromatic carbocycles. The molecule has 108 valence electrons. The molecule has 0 unspecified atom stereocenters. The van der Waals surface area contributed by atoms with Gasteiger partial charge in [-0.05, 0) is 30.3 Å². The van der Waals surface area contributed by atoms with Gasteiger partial charge in [0, 0.05) is 10.6 Å². The van der Waals surface area contributed by atoms with Gasteiger partial charge >= 0.3 is 0 Å². The Hall–Kier alpha value is -2.55. The molecule has 3 aromatic rings. The maximum Gasteiger partial charge on any atom is 0.155 e. The second-order valence-corrected chi connectivity index (χ2v) is 5.36. The summed E-state index contributed by atoms with van der Waals surface area (Å²) >= 11 is 12.1. The highest BCUT2D eigenvalue weighted by atomic mass is 35.5. The quantitative estimate of drug-likeness (QED) is 0.777. The molecular weight excluding hydrogens is 321 g/mol. The van der Waals surface area contributed by atoms with Crippen LogP contribution >= 0.6 is 23.2 Å². The standard InChI is InChI=1S/C15H9Cl2N5/c16-11-5-6-13(12(17)7-11)22-15(19)14(20-21-22)10-3-1-9(8-18)2-4-10/h1-7H,19H2. The number of aromatic nitrogens is 3. The summed E-state index contributed by atoms with van der Waals surface area (Å²) in [6, 6.07) is 14.0. The number of halogens is 2. The van der Waals surface area contributed by atoms with E-state index in [-0.39, 0.29) is 0 Å². The minimum atomic E-state index is 0.355. The van der Waals surface area contributed by atoms with Crippen LogP contribution in [0.25, 0.3) is 16.9 Å². The fraction of sp³-hybridized carbons (Fsp3) is 0. The van der Waals surface area contributed by atoms with Crippen LogP contribution in [0.1, 0.15) is 5.56 Å². The molecular formula is C15H9Cl2N5. The van der Waals surface area contributed by atoms with Crippen molar-refractivity contribution in [1.82, 2.24) is 15.0 Å². The molecule has 0 aliphatic carbocycles. The van der Waals surface area contributed by atoms with Crippen LogP contribution in [0.3, 0.4) is 0 Å². The van der Waals surface area contributed by atoms with E-state index >= 15 is 0 Å². The zero-order valence-electron chi connectivity index (χ0n) is 11.2. The molecule has 1 heterocycles. The highest BCUT2D eigenvalue weighted by molar-refractivity contribution is 6.35. The van der Waals surface area contributed by atoms with Gasteiger partial charge in [-0.1, -0.05) is 40.5 Å². The molecule has 0 amide bonds. The van der Waals surface area contributed by atoms with Gasteiger partial charge in [0.1, 0.15) is 5.69 Å². The van der Waals surface area contributed by atoms with Crippen molar-refractivity contribution in [3.63, 3.8) is 0 Å². The molecule has 0 radical (unpaired) electrons. The Morgan fingerprint density at radius 1 is 1.09 bits per heavy atom. The van der Waals surface area contributed by atoms with E-state index in [1.54, 1.807) is 42.5 Å². The van der Waals surface area contributed by atoms with Crippen molar-refractivity contribution >= 4 is 29.0 Å². The van der Waals surface area contributed by atoms with Crippen molar-refractivity contribution < 1.29 is 0 Å². The minimum absolute atomic E-state index is 0.355. The van der Waals surface area contributed by atoms with Gasteiger partial charge in [0.25, 0.3) is 0 Å². The number of hydrogen-bond acceptors (Lipinski definition) is 4. The van der Waals surface area contributed by atoms with Crippen LogP contribution in [-0.2, 0) is 0 Å². The van der Waals surface area contributed by atoms with Gasteiger partial charge in [0.05, 0.1) is 22.3 Å². The zero-order chi connectivity index (χ0) is 15.7. The zero-order valence-corrected chi connectivity index (χ0v) is 12.7. The summed E-state index contributed by atoms with van der Waals surface area (Å²) in [5.41, 5.74) is 8.58. The lowest BCUT2D eigenvalue weighted by Crippen LogP contribution is -2.03. The van der Waals surface area contributed by atoms with Crippen molar-refractivity contribution in [2.45, 2.75) is 0 Å². The normalized spacial score (nSPS) is 10.4. The largest absolute Gasteiger partial charge is 0.382 e. The Labute approximate surface area is 136 Å². The third kappa shape index (κ3) is 2.50. The van der Waals surface area contributed by atoms with Gasteiger partial charge in [-0.3, -0.25) is 0 Å². The maximum atomic E-state index is 8.83. The maximum absolute atomic E-state index is 8.83. The van der Waals surface area contributed by atoms with Crippen LogP contribution in [-0.4, -0.2) is 15.0 Å². The van der Waals surface area contributed by atoms with E-state index in [9.17, 15) is 0 Å². The Kier molecular flexibility index (Phi) is 3.72. The molecule has 3 rings (SSSR count). The second-order valence-electron chi connectivity index (χ2n) is 4.52. The van der Waals surface area contributed by atoms with Gasteiger partial charge in [-0.15, -0.1) is 5.10 Å². The molecule has 0 fully saturated rings. The fourth-order valence-electron chi connectivity index (χ4n) is 2.03. The third-order valence-corrected chi connectivity index (χ3v) is 3.67. The van der Waals surface area contributed by atoms with E-state index in [4.69, 9.17) is 34.2 Å². The predicted molar refractivity (Wildman–Crippen MR) is 85.9 cm³/mol. The molecule has 0 saturated carbocycles. The summed E-state index contributed by atoms with van der Waals surface area (Å²) in [5.74, 6) is 0.355. The monoisotopic (exact) mass is 329 g/mol. The van der Waals surface area contributed by atoms with Crippen LogP contribution in [0.5, 0.6) is 0 Å². The van der Waals surface area contributed by atoms with Crippen LogP contribution in [0, 0.1) is 11.3 Å². The molecule has 0 aliphatic heterocycles. The summed E-state index contributed by atoms with van der Waals surface area (Å²) in [6.07, 6.45) is 0. The van der Waals surface area contributed by atoms with Crippen molar-refractivity contribution in [3.05, 3.63) is 58.1 Å². The van der Waals surface area contributed by atoms with Crippen molar-refractivity contribution in [3.8, 4) is 23.0 Å².